The van der Waals surface area contributed by atoms with E-state index in [-0.39, 0.29) is 5.76 Å². The van der Waals surface area contributed by atoms with E-state index in [1.54, 1.807) is 0 Å². The molecule has 0 aromatic rings. The highest BCUT2D eigenvalue weighted by Gasteiger charge is 2.12. The molecule has 0 spiro atoms. The van der Waals surface area contributed by atoms with Crippen molar-refractivity contribution < 1.29 is 17.7 Å². The Morgan fingerprint density at radius 3 is 2.59 bits per heavy atom. The van der Waals surface area contributed by atoms with Crippen molar-refractivity contribution in [3.8, 4) is 0 Å². The van der Waals surface area contributed by atoms with E-state index in [1.165, 1.54) is 49.9 Å². The van der Waals surface area contributed by atoms with Gasteiger partial charge in [-0.25, -0.2) is 0 Å². The summed E-state index contributed by atoms with van der Waals surface area (Å²) in [7, 11) is -3.97. The van der Waals surface area contributed by atoms with Crippen molar-refractivity contribution in [2.75, 3.05) is 12.4 Å². The molecule has 0 fully saturated rings. The van der Waals surface area contributed by atoms with Crippen LogP contribution in [0, 0.1) is 0 Å². The minimum absolute atomic E-state index is 0.0417. The zero-order valence-electron chi connectivity index (χ0n) is 13.2. The maximum absolute atomic E-state index is 10.4. The van der Waals surface area contributed by atoms with E-state index in [0.29, 0.717) is 0 Å². The predicted molar refractivity (Wildman–Crippen MR) is 88.3 cm³/mol. The Morgan fingerprint density at radius 2 is 2.09 bits per heavy atom. The van der Waals surface area contributed by atoms with Crippen LogP contribution in [0.4, 0.5) is 0 Å². The molecule has 0 radical (unpaired) electrons. The lowest BCUT2D eigenvalue weighted by Gasteiger charge is -2.13. The number of rotatable bonds is 5. The molecule has 0 saturated heterocycles. The van der Waals surface area contributed by atoms with Gasteiger partial charge >= 0.3 is 10.3 Å². The highest BCUT2D eigenvalue weighted by Crippen LogP contribution is 2.24. The maximum Gasteiger partial charge on any atom is 0.427 e. The quantitative estimate of drug-likeness (QED) is 0.710. The summed E-state index contributed by atoms with van der Waals surface area (Å²) in [6.45, 7) is 7.07. The van der Waals surface area contributed by atoms with Crippen molar-refractivity contribution in [1.29, 1.82) is 0 Å². The van der Waals surface area contributed by atoms with Crippen molar-refractivity contribution >= 4 is 28.0 Å². The highest BCUT2D eigenvalue weighted by molar-refractivity contribution is 8.03. The first-order chi connectivity index (χ1) is 10.3. The zero-order chi connectivity index (χ0) is 16.6. The van der Waals surface area contributed by atoms with Crippen molar-refractivity contribution in [3.05, 3.63) is 22.9 Å². The SMILES string of the molecule is CC1=CC([O-])=NS(=O)(=O)O1.CCCCCCN1C=C(C)SC1. The third-order valence-electron chi connectivity index (χ3n) is 2.89. The molecule has 2 heterocycles. The van der Waals surface area contributed by atoms with E-state index < -0.39 is 16.2 Å². The molecule has 0 aromatic heterocycles. The minimum Gasteiger partial charge on any atom is -0.858 e. The van der Waals surface area contributed by atoms with Gasteiger partial charge in [-0.05, 0) is 31.2 Å². The van der Waals surface area contributed by atoms with Gasteiger partial charge in [0, 0.05) is 18.6 Å². The van der Waals surface area contributed by atoms with Crippen LogP contribution >= 0.6 is 11.8 Å². The van der Waals surface area contributed by atoms with Crippen molar-refractivity contribution in [2.24, 2.45) is 4.40 Å². The summed E-state index contributed by atoms with van der Waals surface area (Å²) < 4.78 is 27.7. The molecular weight excluding hydrogens is 324 g/mol. The van der Waals surface area contributed by atoms with E-state index >= 15 is 0 Å². The fraction of sp³-hybridized carbons (Fsp3) is 0.643. The molecule has 0 aromatic carbocycles. The van der Waals surface area contributed by atoms with Crippen LogP contribution in [0.5, 0.6) is 0 Å². The number of allylic oxidation sites excluding steroid dienone is 2. The molecule has 2 aliphatic heterocycles. The van der Waals surface area contributed by atoms with Gasteiger partial charge in [0.25, 0.3) is 0 Å². The first kappa shape index (κ1) is 18.9. The second kappa shape index (κ2) is 9.09. The topological polar surface area (TPSA) is 82.0 Å². The Hall–Kier alpha value is -1.15. The third-order valence-corrected chi connectivity index (χ3v) is 4.79. The molecule has 126 valence electrons. The minimum atomic E-state index is -3.97. The average molecular weight is 347 g/mol. The predicted octanol–water partition coefficient (Wildman–Crippen LogP) is 2.36. The Bertz CT molecular complexity index is 553. The lowest BCUT2D eigenvalue weighted by molar-refractivity contribution is -0.211. The Morgan fingerprint density at radius 1 is 1.36 bits per heavy atom. The van der Waals surface area contributed by atoms with Gasteiger partial charge in [-0.15, -0.1) is 16.2 Å². The van der Waals surface area contributed by atoms with Crippen LogP contribution in [0.2, 0.25) is 0 Å². The van der Waals surface area contributed by atoms with Gasteiger partial charge in [0.1, 0.15) is 5.76 Å². The van der Waals surface area contributed by atoms with E-state index in [1.807, 2.05) is 11.8 Å². The van der Waals surface area contributed by atoms with Crippen LogP contribution in [0.25, 0.3) is 0 Å². The second-order valence-corrected chi connectivity index (χ2v) is 7.48. The molecule has 0 amide bonds. The van der Waals surface area contributed by atoms with Gasteiger partial charge in [0.05, 0.1) is 5.88 Å². The number of hydrogen-bond donors (Lipinski definition) is 0. The summed E-state index contributed by atoms with van der Waals surface area (Å²) >= 11 is 1.96. The van der Waals surface area contributed by atoms with Gasteiger partial charge in [-0.1, -0.05) is 26.2 Å². The second-order valence-electron chi connectivity index (χ2n) is 5.08. The average Bonchev–Trinajstić information content (AvgIpc) is 2.78. The molecule has 2 rings (SSSR count). The van der Waals surface area contributed by atoms with Crippen LogP contribution < -0.4 is 5.11 Å². The first-order valence-corrected chi connectivity index (χ1v) is 9.62. The van der Waals surface area contributed by atoms with Crippen LogP contribution in [0.3, 0.4) is 0 Å². The van der Waals surface area contributed by atoms with Crippen LogP contribution in [0.1, 0.15) is 46.5 Å². The Kier molecular flexibility index (Phi) is 7.81. The fourth-order valence-electron chi connectivity index (χ4n) is 1.91. The van der Waals surface area contributed by atoms with E-state index in [2.05, 4.69) is 33.5 Å². The van der Waals surface area contributed by atoms with E-state index in [0.717, 1.165) is 6.08 Å². The normalized spacial score (nSPS) is 19.4. The molecule has 22 heavy (non-hydrogen) atoms. The van der Waals surface area contributed by atoms with Gasteiger partial charge in [-0.3, -0.25) is 0 Å². The number of unbranched alkanes of at least 4 members (excludes halogenated alkanes) is 3. The monoisotopic (exact) mass is 347 g/mol. The Balaban J connectivity index is 0.000000224. The zero-order valence-corrected chi connectivity index (χ0v) is 14.9. The molecule has 0 N–H and O–H groups in total. The highest BCUT2D eigenvalue weighted by atomic mass is 32.2. The van der Waals surface area contributed by atoms with E-state index in [9.17, 15) is 13.5 Å². The fourth-order valence-corrected chi connectivity index (χ4v) is 3.39. The standard InChI is InChI=1S/C10H19NS.C4H5NO4S/c1-3-4-5-6-7-11-8-10(2)12-9-11;1-3-2-4(6)5-10(7,8)9-3/h8H,3-7,9H2,1-2H3;2H,1H3,(H,5,6)/p-1. The summed E-state index contributed by atoms with van der Waals surface area (Å²) in [5.41, 5.74) is 0. The first-order valence-electron chi connectivity index (χ1n) is 7.27. The lowest BCUT2D eigenvalue weighted by Crippen LogP contribution is -2.21. The summed E-state index contributed by atoms with van der Waals surface area (Å²) in [4.78, 5) is 3.89. The molecule has 0 bridgehead atoms. The molecular formula is C14H23N2O4S2-. The van der Waals surface area contributed by atoms with Gasteiger partial charge in [0.2, 0.25) is 0 Å². The van der Waals surface area contributed by atoms with Crippen LogP contribution in [-0.2, 0) is 14.5 Å². The van der Waals surface area contributed by atoms with Crippen molar-refractivity contribution in [3.63, 3.8) is 0 Å². The van der Waals surface area contributed by atoms with Crippen molar-refractivity contribution in [1.82, 2.24) is 4.90 Å². The number of nitrogens with zero attached hydrogens (tertiary/aromatic N) is 2. The van der Waals surface area contributed by atoms with Gasteiger partial charge in [0.15, 0.2) is 0 Å². The molecule has 8 heteroatoms. The van der Waals surface area contributed by atoms with Crippen molar-refractivity contribution in [2.45, 2.75) is 46.5 Å². The molecule has 2 aliphatic rings. The van der Waals surface area contributed by atoms with Crippen LogP contribution in [-0.4, -0.2) is 31.6 Å². The van der Waals surface area contributed by atoms with E-state index in [4.69, 9.17) is 0 Å². The van der Waals surface area contributed by atoms with Crippen LogP contribution in [0.15, 0.2) is 27.3 Å². The number of thioether (sulfide) groups is 1. The summed E-state index contributed by atoms with van der Waals surface area (Å²) in [6, 6.07) is 0. The number of hydrogen-bond acceptors (Lipinski definition) is 6. The molecule has 6 nitrogen and oxygen atoms in total. The lowest BCUT2D eigenvalue weighted by atomic mass is 10.2. The molecule has 0 atom stereocenters. The van der Waals surface area contributed by atoms with Gasteiger partial charge in [-0.2, -0.15) is 8.42 Å². The smallest absolute Gasteiger partial charge is 0.427 e. The summed E-state index contributed by atoms with van der Waals surface area (Å²) in [5.74, 6) is 0.418. The Labute approximate surface area is 137 Å². The maximum atomic E-state index is 10.4. The molecule has 0 unspecified atom stereocenters. The largest absolute Gasteiger partial charge is 0.858 e. The third kappa shape index (κ3) is 7.74. The summed E-state index contributed by atoms with van der Waals surface area (Å²) in [5, 5.41) is 10.4. The van der Waals surface area contributed by atoms with Gasteiger partial charge < -0.3 is 14.2 Å². The summed E-state index contributed by atoms with van der Waals surface area (Å²) in [6.07, 6.45) is 8.77. The molecule has 0 aliphatic carbocycles. The molecule has 0 saturated carbocycles.